The van der Waals surface area contributed by atoms with E-state index in [1.165, 1.54) is 12.0 Å². The zero-order valence-electron chi connectivity index (χ0n) is 22.0. The van der Waals surface area contributed by atoms with Crippen LogP contribution in [0.25, 0.3) is 0 Å². The molecular weight excluding hydrogens is 502 g/mol. The highest BCUT2D eigenvalue weighted by molar-refractivity contribution is 7.92. The molecule has 8 nitrogen and oxygen atoms in total. The van der Waals surface area contributed by atoms with Crippen LogP contribution in [0.2, 0.25) is 0 Å². The van der Waals surface area contributed by atoms with Crippen molar-refractivity contribution >= 4 is 27.5 Å². The zero-order chi connectivity index (χ0) is 27.5. The highest BCUT2D eigenvalue weighted by atomic mass is 32.2. The molecule has 0 spiro atoms. The number of hydrogen-bond donors (Lipinski definition) is 1. The lowest BCUT2D eigenvalue weighted by Gasteiger charge is -2.33. The number of sulfonamides is 1. The van der Waals surface area contributed by atoms with Gasteiger partial charge in [0.15, 0.2) is 0 Å². The van der Waals surface area contributed by atoms with Crippen LogP contribution in [0.5, 0.6) is 5.75 Å². The molecule has 0 radical (unpaired) electrons. The van der Waals surface area contributed by atoms with E-state index < -0.39 is 28.5 Å². The number of ether oxygens (including phenoxy) is 1. The second-order valence-corrected chi connectivity index (χ2v) is 10.9. The van der Waals surface area contributed by atoms with E-state index in [9.17, 15) is 18.0 Å². The van der Waals surface area contributed by atoms with Crippen LogP contribution in [0.3, 0.4) is 0 Å². The number of carbonyl (C=O) groups excluding carboxylic acids is 2. The average Bonchev–Trinajstić information content (AvgIpc) is 2.92. The van der Waals surface area contributed by atoms with Crippen molar-refractivity contribution in [3.05, 3.63) is 96.1 Å². The molecule has 0 aliphatic rings. The number of nitrogens with zero attached hydrogens (tertiary/aromatic N) is 2. The molecule has 3 aromatic carbocycles. The van der Waals surface area contributed by atoms with E-state index in [-0.39, 0.29) is 24.6 Å². The van der Waals surface area contributed by atoms with Crippen molar-refractivity contribution in [2.24, 2.45) is 0 Å². The van der Waals surface area contributed by atoms with Gasteiger partial charge in [-0.1, -0.05) is 79.7 Å². The first-order valence-corrected chi connectivity index (χ1v) is 14.3. The first-order valence-electron chi connectivity index (χ1n) is 12.5. The summed E-state index contributed by atoms with van der Waals surface area (Å²) in [5, 5.41) is 2.92. The maximum Gasteiger partial charge on any atom is 0.244 e. The first-order chi connectivity index (χ1) is 18.2. The van der Waals surface area contributed by atoms with Crippen LogP contribution in [0.4, 0.5) is 5.69 Å². The Hall–Kier alpha value is -3.85. The summed E-state index contributed by atoms with van der Waals surface area (Å²) in [6, 6.07) is 24.6. The second-order valence-electron chi connectivity index (χ2n) is 8.95. The standard InChI is InChI=1S/C29H35N3O5S/c1-4-19-30-29(34)26(20-23-13-7-5-8-14-23)31(21-24-15-9-6-10-16-24)28(33)22-32(38(3,35)36)25-17-11-12-18-27(25)37-2/h5-18,26H,4,19-22H2,1-3H3,(H,30,34)/t26-/m0/s1. The van der Waals surface area contributed by atoms with Gasteiger partial charge in [-0.15, -0.1) is 0 Å². The molecule has 0 bridgehead atoms. The molecule has 9 heteroatoms. The lowest BCUT2D eigenvalue weighted by atomic mass is 10.0. The molecule has 202 valence electrons. The minimum atomic E-state index is -3.87. The van der Waals surface area contributed by atoms with Gasteiger partial charge in [-0.3, -0.25) is 13.9 Å². The number of carbonyl (C=O) groups is 2. The van der Waals surface area contributed by atoms with E-state index in [1.54, 1.807) is 24.3 Å². The Balaban J connectivity index is 2.04. The average molecular weight is 538 g/mol. The largest absolute Gasteiger partial charge is 0.495 e. The highest BCUT2D eigenvalue weighted by Crippen LogP contribution is 2.29. The molecule has 0 aliphatic carbocycles. The van der Waals surface area contributed by atoms with Crippen LogP contribution in [0, 0.1) is 0 Å². The summed E-state index contributed by atoms with van der Waals surface area (Å²) in [5.41, 5.74) is 1.96. The van der Waals surface area contributed by atoms with Gasteiger partial charge in [0.1, 0.15) is 18.3 Å². The van der Waals surface area contributed by atoms with Gasteiger partial charge >= 0.3 is 0 Å². The third kappa shape index (κ3) is 7.82. The SMILES string of the molecule is CCCNC(=O)[C@H](Cc1ccccc1)N(Cc1ccccc1)C(=O)CN(c1ccccc1OC)S(C)(=O)=O. The summed E-state index contributed by atoms with van der Waals surface area (Å²) in [6.45, 7) is 2.07. The predicted molar refractivity (Wildman–Crippen MR) is 149 cm³/mol. The molecular formula is C29H35N3O5S. The van der Waals surface area contributed by atoms with Crippen LogP contribution >= 0.6 is 0 Å². The first kappa shape index (κ1) is 28.7. The van der Waals surface area contributed by atoms with Gasteiger partial charge in [-0.2, -0.15) is 0 Å². The highest BCUT2D eigenvalue weighted by Gasteiger charge is 2.33. The predicted octanol–water partition coefficient (Wildman–Crippen LogP) is 3.63. The topological polar surface area (TPSA) is 96.0 Å². The number of anilines is 1. The van der Waals surface area contributed by atoms with E-state index in [1.807, 2.05) is 67.6 Å². The van der Waals surface area contributed by atoms with Crippen molar-refractivity contribution in [2.75, 3.05) is 30.8 Å². The molecule has 0 unspecified atom stereocenters. The Morgan fingerprint density at radius 3 is 2.05 bits per heavy atom. The van der Waals surface area contributed by atoms with Crippen LogP contribution in [0.1, 0.15) is 24.5 Å². The molecule has 3 rings (SSSR count). The Morgan fingerprint density at radius 1 is 0.895 bits per heavy atom. The van der Waals surface area contributed by atoms with Gasteiger partial charge in [-0.25, -0.2) is 8.42 Å². The lowest BCUT2D eigenvalue weighted by molar-refractivity contribution is -0.140. The number of hydrogen-bond acceptors (Lipinski definition) is 5. The summed E-state index contributed by atoms with van der Waals surface area (Å²) in [4.78, 5) is 28.9. The summed E-state index contributed by atoms with van der Waals surface area (Å²) in [7, 11) is -2.42. The molecule has 1 N–H and O–H groups in total. The van der Waals surface area contributed by atoms with E-state index in [4.69, 9.17) is 4.74 Å². The fourth-order valence-corrected chi connectivity index (χ4v) is 4.98. The molecule has 0 saturated heterocycles. The fraction of sp³-hybridized carbons (Fsp3) is 0.310. The van der Waals surface area contributed by atoms with Gasteiger partial charge in [0, 0.05) is 19.5 Å². The summed E-state index contributed by atoms with van der Waals surface area (Å²) in [5.74, 6) is -0.470. The Morgan fingerprint density at radius 2 is 1.47 bits per heavy atom. The van der Waals surface area contributed by atoms with E-state index in [0.29, 0.717) is 12.3 Å². The van der Waals surface area contributed by atoms with Gasteiger partial charge in [0.2, 0.25) is 21.8 Å². The monoisotopic (exact) mass is 537 g/mol. The summed E-state index contributed by atoms with van der Waals surface area (Å²) < 4.78 is 32.1. The maximum atomic E-state index is 14.0. The Bertz CT molecular complexity index is 1300. The minimum Gasteiger partial charge on any atom is -0.495 e. The summed E-state index contributed by atoms with van der Waals surface area (Å²) in [6.07, 6.45) is 2.07. The minimum absolute atomic E-state index is 0.139. The lowest BCUT2D eigenvalue weighted by Crippen LogP contribution is -2.53. The normalized spacial score (nSPS) is 11.9. The number of nitrogens with one attached hydrogen (secondary N) is 1. The van der Waals surface area contributed by atoms with Crippen LogP contribution in [0.15, 0.2) is 84.9 Å². The molecule has 38 heavy (non-hydrogen) atoms. The number of para-hydroxylation sites is 2. The molecule has 3 aromatic rings. The van der Waals surface area contributed by atoms with Crippen molar-refractivity contribution in [3.8, 4) is 5.75 Å². The Kier molecular flexibility index (Phi) is 10.3. The van der Waals surface area contributed by atoms with Crippen molar-refractivity contribution in [2.45, 2.75) is 32.4 Å². The number of rotatable bonds is 13. The zero-order valence-corrected chi connectivity index (χ0v) is 22.9. The number of benzene rings is 3. The van der Waals surface area contributed by atoms with Gasteiger partial charge < -0.3 is 15.0 Å². The molecule has 0 heterocycles. The summed E-state index contributed by atoms with van der Waals surface area (Å²) >= 11 is 0. The second kappa shape index (κ2) is 13.6. The quantitative estimate of drug-likeness (QED) is 0.359. The van der Waals surface area contributed by atoms with E-state index in [0.717, 1.165) is 28.1 Å². The van der Waals surface area contributed by atoms with E-state index in [2.05, 4.69) is 5.32 Å². The van der Waals surface area contributed by atoms with Crippen molar-refractivity contribution in [3.63, 3.8) is 0 Å². The third-order valence-electron chi connectivity index (χ3n) is 6.05. The molecule has 0 aromatic heterocycles. The smallest absolute Gasteiger partial charge is 0.244 e. The van der Waals surface area contributed by atoms with Crippen molar-refractivity contribution in [1.82, 2.24) is 10.2 Å². The van der Waals surface area contributed by atoms with Crippen molar-refractivity contribution in [1.29, 1.82) is 0 Å². The van der Waals surface area contributed by atoms with E-state index >= 15 is 0 Å². The molecule has 0 aliphatic heterocycles. The third-order valence-corrected chi connectivity index (χ3v) is 7.18. The molecule has 1 atom stereocenters. The van der Waals surface area contributed by atoms with Crippen molar-refractivity contribution < 1.29 is 22.7 Å². The molecule has 2 amide bonds. The van der Waals surface area contributed by atoms with Gasteiger partial charge in [0.05, 0.1) is 19.1 Å². The number of methoxy groups -OCH3 is 1. The van der Waals surface area contributed by atoms with Crippen LogP contribution in [-0.2, 0) is 32.6 Å². The maximum absolute atomic E-state index is 14.0. The fourth-order valence-electron chi connectivity index (χ4n) is 4.13. The molecule has 0 fully saturated rings. The van der Waals surface area contributed by atoms with Gasteiger partial charge in [0.25, 0.3) is 0 Å². The molecule has 0 saturated carbocycles. The van der Waals surface area contributed by atoms with Crippen LogP contribution in [-0.4, -0.2) is 57.6 Å². The van der Waals surface area contributed by atoms with Crippen LogP contribution < -0.4 is 14.4 Å². The number of amides is 2. The Labute approximate surface area is 225 Å². The van der Waals surface area contributed by atoms with Gasteiger partial charge in [-0.05, 0) is 29.7 Å².